The van der Waals surface area contributed by atoms with E-state index < -0.39 is 0 Å². The summed E-state index contributed by atoms with van der Waals surface area (Å²) in [6.45, 7) is 0.669. The summed E-state index contributed by atoms with van der Waals surface area (Å²) in [5, 5.41) is 3.02. The van der Waals surface area contributed by atoms with Gasteiger partial charge in [-0.15, -0.1) is 0 Å². The van der Waals surface area contributed by atoms with Gasteiger partial charge >= 0.3 is 5.97 Å². The molecule has 0 bridgehead atoms. The molecule has 0 aliphatic rings. The zero-order chi connectivity index (χ0) is 11.5. The van der Waals surface area contributed by atoms with E-state index in [1.807, 2.05) is 23.8 Å². The lowest BCUT2D eigenvalue weighted by atomic mass is 10.3. The fourth-order valence-corrected chi connectivity index (χ4v) is 1.60. The molecule has 2 aromatic heterocycles. The van der Waals surface area contributed by atoms with Gasteiger partial charge in [0, 0.05) is 18.9 Å². The Kier molecular flexibility index (Phi) is 2.87. The number of esters is 1. The zero-order valence-electron chi connectivity index (χ0n) is 9.23. The van der Waals surface area contributed by atoms with Crippen LogP contribution in [0.2, 0.25) is 0 Å². The van der Waals surface area contributed by atoms with Crippen molar-refractivity contribution in [3.8, 4) is 0 Å². The molecule has 5 heteroatoms. The van der Waals surface area contributed by atoms with Gasteiger partial charge < -0.3 is 14.5 Å². The lowest BCUT2D eigenvalue weighted by molar-refractivity contribution is 0.0602. The Morgan fingerprint density at radius 1 is 1.62 bits per heavy atom. The maximum Gasteiger partial charge on any atom is 0.341 e. The summed E-state index contributed by atoms with van der Waals surface area (Å²) in [5.74, 6) is -0.368. The molecule has 2 heterocycles. The maximum absolute atomic E-state index is 11.5. The van der Waals surface area contributed by atoms with Crippen LogP contribution in [-0.2, 0) is 11.3 Å². The number of carbonyl (C=O) groups is 1. The number of nitrogens with zero attached hydrogens (tertiary/aromatic N) is 2. The van der Waals surface area contributed by atoms with E-state index in [1.165, 1.54) is 7.11 Å². The molecule has 5 nitrogen and oxygen atoms in total. The topological polar surface area (TPSA) is 55.6 Å². The minimum absolute atomic E-state index is 0.368. The lowest BCUT2D eigenvalue weighted by Gasteiger charge is -2.00. The van der Waals surface area contributed by atoms with Gasteiger partial charge in [-0.25, -0.2) is 9.78 Å². The van der Waals surface area contributed by atoms with Gasteiger partial charge in [-0.05, 0) is 19.2 Å². The molecule has 0 aliphatic heterocycles. The largest absolute Gasteiger partial charge is 0.465 e. The number of aromatic nitrogens is 2. The molecule has 0 atom stereocenters. The second kappa shape index (κ2) is 4.32. The lowest BCUT2D eigenvalue weighted by Crippen LogP contribution is -2.05. The van der Waals surface area contributed by atoms with Crippen LogP contribution in [0, 0.1) is 0 Å². The van der Waals surface area contributed by atoms with E-state index in [2.05, 4.69) is 10.3 Å². The molecule has 1 N–H and O–H groups in total. The molecule has 0 radical (unpaired) electrons. The molecule has 2 aromatic rings. The van der Waals surface area contributed by atoms with Crippen molar-refractivity contribution < 1.29 is 9.53 Å². The number of pyridine rings is 1. The predicted molar refractivity (Wildman–Crippen MR) is 59.3 cm³/mol. The van der Waals surface area contributed by atoms with E-state index in [9.17, 15) is 4.79 Å². The highest BCUT2D eigenvalue weighted by Gasteiger charge is 2.12. The molecule has 0 aromatic carbocycles. The predicted octanol–water partition coefficient (Wildman–Crippen LogP) is 0.840. The summed E-state index contributed by atoms with van der Waals surface area (Å²) in [6.07, 6.45) is 3.74. The van der Waals surface area contributed by atoms with E-state index >= 15 is 0 Å². The molecule has 84 valence electrons. The highest BCUT2D eigenvalue weighted by molar-refractivity contribution is 5.95. The molecule has 0 saturated heterocycles. The van der Waals surface area contributed by atoms with Crippen molar-refractivity contribution in [2.45, 2.75) is 6.54 Å². The SMILES string of the molecule is CNCc1cn2cccc(C(=O)OC)c2n1. The van der Waals surface area contributed by atoms with Crippen LogP contribution < -0.4 is 5.32 Å². The van der Waals surface area contributed by atoms with E-state index in [4.69, 9.17) is 4.74 Å². The number of carbonyl (C=O) groups excluding carboxylic acids is 1. The van der Waals surface area contributed by atoms with Crippen molar-refractivity contribution in [2.24, 2.45) is 0 Å². The summed E-state index contributed by atoms with van der Waals surface area (Å²) in [4.78, 5) is 15.9. The highest BCUT2D eigenvalue weighted by Crippen LogP contribution is 2.12. The molecule has 0 aliphatic carbocycles. The number of hydrogen-bond acceptors (Lipinski definition) is 4. The fraction of sp³-hybridized carbons (Fsp3) is 0.273. The summed E-state index contributed by atoms with van der Waals surface area (Å²) < 4.78 is 6.52. The second-order valence-corrected chi connectivity index (χ2v) is 3.41. The van der Waals surface area contributed by atoms with Crippen LogP contribution in [0.4, 0.5) is 0 Å². The number of methoxy groups -OCH3 is 1. The maximum atomic E-state index is 11.5. The molecular formula is C11H13N3O2. The normalized spacial score (nSPS) is 10.6. The van der Waals surface area contributed by atoms with E-state index in [0.717, 1.165) is 5.69 Å². The van der Waals surface area contributed by atoms with Crippen molar-refractivity contribution >= 4 is 11.6 Å². The first-order valence-corrected chi connectivity index (χ1v) is 4.95. The van der Waals surface area contributed by atoms with Crippen molar-refractivity contribution in [2.75, 3.05) is 14.2 Å². The van der Waals surface area contributed by atoms with E-state index in [-0.39, 0.29) is 5.97 Å². The summed E-state index contributed by atoms with van der Waals surface area (Å²) in [5.41, 5.74) is 1.99. The van der Waals surface area contributed by atoms with Gasteiger partial charge in [-0.3, -0.25) is 0 Å². The Morgan fingerprint density at radius 3 is 3.12 bits per heavy atom. The van der Waals surface area contributed by atoms with Crippen molar-refractivity contribution in [3.63, 3.8) is 0 Å². The van der Waals surface area contributed by atoms with Gasteiger partial charge in [-0.2, -0.15) is 0 Å². The third kappa shape index (κ3) is 1.77. The molecule has 16 heavy (non-hydrogen) atoms. The van der Waals surface area contributed by atoms with Crippen LogP contribution in [-0.4, -0.2) is 29.5 Å². The van der Waals surface area contributed by atoms with E-state index in [1.54, 1.807) is 12.1 Å². The Morgan fingerprint density at radius 2 is 2.44 bits per heavy atom. The molecule has 0 saturated carbocycles. The van der Waals surface area contributed by atoms with Crippen LogP contribution in [0.15, 0.2) is 24.5 Å². The number of imidazole rings is 1. The Labute approximate surface area is 93.1 Å². The van der Waals surface area contributed by atoms with Gasteiger partial charge in [0.15, 0.2) is 5.65 Å². The Hall–Kier alpha value is -1.88. The first-order chi connectivity index (χ1) is 7.76. The Bertz CT molecular complexity index is 519. The second-order valence-electron chi connectivity index (χ2n) is 3.41. The minimum Gasteiger partial charge on any atom is -0.465 e. The molecule has 0 amide bonds. The smallest absolute Gasteiger partial charge is 0.341 e. The summed E-state index contributed by atoms with van der Waals surface area (Å²) in [7, 11) is 3.22. The van der Waals surface area contributed by atoms with Gasteiger partial charge in [0.2, 0.25) is 0 Å². The average molecular weight is 219 g/mol. The first-order valence-electron chi connectivity index (χ1n) is 4.95. The number of rotatable bonds is 3. The standard InChI is InChI=1S/C11H13N3O2/c1-12-6-8-7-14-5-3-4-9(10(14)13-8)11(15)16-2/h3-5,7,12H,6H2,1-2H3. The van der Waals surface area contributed by atoms with Crippen LogP contribution in [0.3, 0.4) is 0 Å². The van der Waals surface area contributed by atoms with Crippen molar-refractivity contribution in [1.82, 2.24) is 14.7 Å². The van der Waals surface area contributed by atoms with Crippen molar-refractivity contribution in [3.05, 3.63) is 35.8 Å². The molecule has 0 spiro atoms. The van der Waals surface area contributed by atoms with Gasteiger partial charge in [0.05, 0.1) is 12.8 Å². The number of nitrogens with one attached hydrogen (secondary N) is 1. The summed E-state index contributed by atoms with van der Waals surface area (Å²) >= 11 is 0. The summed E-state index contributed by atoms with van der Waals surface area (Å²) in [6, 6.07) is 3.50. The third-order valence-corrected chi connectivity index (χ3v) is 2.30. The Balaban J connectivity index is 2.54. The van der Waals surface area contributed by atoms with Crippen LogP contribution in [0.25, 0.3) is 5.65 Å². The fourth-order valence-electron chi connectivity index (χ4n) is 1.60. The van der Waals surface area contributed by atoms with Crippen LogP contribution in [0.5, 0.6) is 0 Å². The number of fused-ring (bicyclic) bond motifs is 1. The molecular weight excluding hydrogens is 206 g/mol. The zero-order valence-corrected chi connectivity index (χ0v) is 9.23. The third-order valence-electron chi connectivity index (χ3n) is 2.30. The highest BCUT2D eigenvalue weighted by atomic mass is 16.5. The monoisotopic (exact) mass is 219 g/mol. The van der Waals surface area contributed by atoms with E-state index in [0.29, 0.717) is 17.8 Å². The molecule has 0 fully saturated rings. The molecule has 2 rings (SSSR count). The number of hydrogen-bond donors (Lipinski definition) is 1. The molecule has 0 unspecified atom stereocenters. The van der Waals surface area contributed by atoms with Crippen LogP contribution >= 0.6 is 0 Å². The number of ether oxygens (including phenoxy) is 1. The van der Waals surface area contributed by atoms with Gasteiger partial charge in [0.1, 0.15) is 5.56 Å². The first kappa shape index (κ1) is 10.6. The quantitative estimate of drug-likeness (QED) is 0.777. The minimum atomic E-state index is -0.368. The van der Waals surface area contributed by atoms with Gasteiger partial charge in [-0.1, -0.05) is 0 Å². The van der Waals surface area contributed by atoms with Crippen LogP contribution in [0.1, 0.15) is 16.1 Å². The average Bonchev–Trinajstić information content (AvgIpc) is 2.70. The van der Waals surface area contributed by atoms with Crippen molar-refractivity contribution in [1.29, 1.82) is 0 Å². The van der Waals surface area contributed by atoms with Gasteiger partial charge in [0.25, 0.3) is 0 Å².